The highest BCUT2D eigenvalue weighted by Crippen LogP contribution is 2.73. The minimum atomic E-state index is -0.810. The van der Waals surface area contributed by atoms with Crippen molar-refractivity contribution in [3.63, 3.8) is 0 Å². The number of carbonyl (C=O) groups is 3. The zero-order valence-corrected chi connectivity index (χ0v) is 22.2. The number of fused-ring (bicyclic) bond motifs is 5. The number of Topliss-reactive ketones (excluding diaryl/α,β-unsaturated/α-hetero) is 1. The van der Waals surface area contributed by atoms with E-state index in [0.717, 1.165) is 44.0 Å². The van der Waals surface area contributed by atoms with Crippen molar-refractivity contribution in [2.45, 2.75) is 99.0 Å². The molecule has 3 saturated carbocycles. The molecular formula is C30H44O4. The van der Waals surface area contributed by atoms with Gasteiger partial charge in [0.25, 0.3) is 0 Å². The minimum Gasteiger partial charge on any atom is -0.386 e. The standard InChI is InChI=1S/C30H44O4/c1-19(9-8-13-26(2,3)34)20-12-14-29(7)25-23(32)17-22-21(10-11-24(33)27(22,4)5)30(25,18-31)16-15-28(20,29)6/h8,13,17-21,25,34H,9-12,14-16H2,1-7H3/t19-,20-,21-,25+,28-,29+,30-/m1/s1. The van der Waals surface area contributed by atoms with Crippen molar-refractivity contribution < 1.29 is 19.5 Å². The van der Waals surface area contributed by atoms with Crippen LogP contribution in [-0.4, -0.2) is 28.6 Å². The lowest BCUT2D eigenvalue weighted by Crippen LogP contribution is -2.63. The molecule has 188 valence electrons. The fourth-order valence-electron chi connectivity index (χ4n) is 8.87. The molecule has 0 aromatic rings. The minimum absolute atomic E-state index is 0.00651. The Morgan fingerprint density at radius 1 is 1.09 bits per heavy atom. The molecule has 0 aliphatic heterocycles. The summed E-state index contributed by atoms with van der Waals surface area (Å²) in [5.41, 5.74) is -1.52. The predicted molar refractivity (Wildman–Crippen MR) is 134 cm³/mol. The third kappa shape index (κ3) is 3.45. The Hall–Kier alpha value is -1.55. The molecule has 0 spiro atoms. The summed E-state index contributed by atoms with van der Waals surface area (Å²) in [7, 11) is 0. The summed E-state index contributed by atoms with van der Waals surface area (Å²) < 4.78 is 0. The van der Waals surface area contributed by atoms with Crippen molar-refractivity contribution >= 4 is 17.9 Å². The molecule has 1 N–H and O–H groups in total. The first-order valence-electron chi connectivity index (χ1n) is 13.3. The fraction of sp³-hybridized carbons (Fsp3) is 0.767. The van der Waals surface area contributed by atoms with Gasteiger partial charge in [0, 0.05) is 23.2 Å². The molecule has 4 heteroatoms. The SMILES string of the molecule is C[C@H](CC=CC(C)(C)O)[C@H]1CC[C@@]2(C)[C@@H]3C(=O)C=C4[C@@H](CCC(=O)C4(C)C)[C@]3(C=O)CC[C@]12C. The second-order valence-electron chi connectivity index (χ2n) is 13.6. The van der Waals surface area contributed by atoms with E-state index in [-0.39, 0.29) is 34.2 Å². The van der Waals surface area contributed by atoms with Gasteiger partial charge in [-0.25, -0.2) is 0 Å². The fourth-order valence-corrected chi connectivity index (χ4v) is 8.87. The number of aldehydes is 1. The summed E-state index contributed by atoms with van der Waals surface area (Å²) in [6.45, 7) is 14.4. The highest BCUT2D eigenvalue weighted by Gasteiger charge is 2.71. The van der Waals surface area contributed by atoms with Gasteiger partial charge in [-0.2, -0.15) is 0 Å². The maximum atomic E-state index is 13.9. The van der Waals surface area contributed by atoms with E-state index in [1.54, 1.807) is 19.9 Å². The lowest BCUT2D eigenvalue weighted by atomic mass is 9.38. The molecule has 0 heterocycles. The zero-order valence-electron chi connectivity index (χ0n) is 22.2. The van der Waals surface area contributed by atoms with Gasteiger partial charge >= 0.3 is 0 Å². The van der Waals surface area contributed by atoms with Gasteiger partial charge in [-0.15, -0.1) is 0 Å². The molecule has 0 radical (unpaired) electrons. The molecule has 0 amide bonds. The van der Waals surface area contributed by atoms with E-state index in [1.165, 1.54) is 0 Å². The van der Waals surface area contributed by atoms with Crippen molar-refractivity contribution in [3.05, 3.63) is 23.8 Å². The van der Waals surface area contributed by atoms with Crippen molar-refractivity contribution in [1.82, 2.24) is 0 Å². The number of rotatable bonds is 5. The van der Waals surface area contributed by atoms with E-state index in [1.807, 2.05) is 19.9 Å². The van der Waals surface area contributed by atoms with Gasteiger partial charge in [0.05, 0.1) is 5.60 Å². The number of hydrogen-bond acceptors (Lipinski definition) is 4. The quantitative estimate of drug-likeness (QED) is 0.404. The van der Waals surface area contributed by atoms with E-state index in [9.17, 15) is 19.5 Å². The van der Waals surface area contributed by atoms with Gasteiger partial charge in [0.2, 0.25) is 0 Å². The number of carbonyl (C=O) groups excluding carboxylic acids is 3. The average molecular weight is 469 g/mol. The first-order valence-corrected chi connectivity index (χ1v) is 13.3. The Morgan fingerprint density at radius 3 is 2.38 bits per heavy atom. The number of allylic oxidation sites excluding steroid dienone is 3. The Morgan fingerprint density at radius 2 is 1.76 bits per heavy atom. The molecule has 0 aromatic carbocycles. The van der Waals surface area contributed by atoms with E-state index in [2.05, 4.69) is 26.8 Å². The maximum Gasteiger partial charge on any atom is 0.160 e. The van der Waals surface area contributed by atoms with Crippen LogP contribution in [0.3, 0.4) is 0 Å². The number of aliphatic hydroxyl groups is 1. The normalized spacial score (nSPS) is 42.6. The smallest absolute Gasteiger partial charge is 0.160 e. The number of ketones is 2. The van der Waals surface area contributed by atoms with Crippen LogP contribution in [0.2, 0.25) is 0 Å². The van der Waals surface area contributed by atoms with Gasteiger partial charge in [0.15, 0.2) is 5.78 Å². The maximum absolute atomic E-state index is 13.9. The molecule has 0 saturated heterocycles. The van der Waals surface area contributed by atoms with E-state index < -0.39 is 16.4 Å². The lowest BCUT2D eigenvalue weighted by Gasteiger charge is -2.63. The molecular weight excluding hydrogens is 424 g/mol. The average Bonchev–Trinajstić information content (AvgIpc) is 3.01. The topological polar surface area (TPSA) is 71.4 Å². The summed E-state index contributed by atoms with van der Waals surface area (Å²) in [5.74, 6) is 0.847. The monoisotopic (exact) mass is 468 g/mol. The second-order valence-corrected chi connectivity index (χ2v) is 13.6. The van der Waals surface area contributed by atoms with E-state index in [4.69, 9.17) is 0 Å². The molecule has 0 aromatic heterocycles. The van der Waals surface area contributed by atoms with Crippen LogP contribution in [0.5, 0.6) is 0 Å². The molecule has 4 aliphatic rings. The van der Waals surface area contributed by atoms with Crippen LogP contribution in [0.4, 0.5) is 0 Å². The van der Waals surface area contributed by atoms with Crippen molar-refractivity contribution in [3.8, 4) is 0 Å². The molecule has 4 aliphatic carbocycles. The largest absolute Gasteiger partial charge is 0.386 e. The van der Waals surface area contributed by atoms with Crippen LogP contribution in [-0.2, 0) is 14.4 Å². The van der Waals surface area contributed by atoms with Crippen LogP contribution in [0, 0.1) is 45.3 Å². The van der Waals surface area contributed by atoms with Gasteiger partial charge in [0.1, 0.15) is 12.1 Å². The molecule has 0 bridgehead atoms. The van der Waals surface area contributed by atoms with Crippen molar-refractivity contribution in [2.75, 3.05) is 0 Å². The van der Waals surface area contributed by atoms with E-state index in [0.29, 0.717) is 24.7 Å². The third-order valence-electron chi connectivity index (χ3n) is 11.0. The Labute approximate surface area is 205 Å². The van der Waals surface area contributed by atoms with Gasteiger partial charge in [-0.1, -0.05) is 32.9 Å². The summed E-state index contributed by atoms with van der Waals surface area (Å²) in [6, 6.07) is 0. The molecule has 4 rings (SSSR count). The highest BCUT2D eigenvalue weighted by atomic mass is 16.3. The highest BCUT2D eigenvalue weighted by molar-refractivity contribution is 6.01. The van der Waals surface area contributed by atoms with E-state index >= 15 is 0 Å². The second kappa shape index (κ2) is 7.98. The third-order valence-corrected chi connectivity index (χ3v) is 11.0. The van der Waals surface area contributed by atoms with Gasteiger partial charge in [-0.3, -0.25) is 9.59 Å². The molecule has 4 nitrogen and oxygen atoms in total. The number of hydrogen-bond donors (Lipinski definition) is 1. The van der Waals surface area contributed by atoms with Gasteiger partial charge in [-0.05, 0) is 106 Å². The Balaban J connectivity index is 1.72. The summed E-state index contributed by atoms with van der Waals surface area (Å²) in [5, 5.41) is 10.1. The molecule has 7 atom stereocenters. The first kappa shape index (κ1) is 25.5. The van der Waals surface area contributed by atoms with Crippen LogP contribution < -0.4 is 0 Å². The Kier molecular flexibility index (Phi) is 5.99. The van der Waals surface area contributed by atoms with Crippen LogP contribution >= 0.6 is 0 Å². The van der Waals surface area contributed by atoms with Crippen molar-refractivity contribution in [1.29, 1.82) is 0 Å². The zero-order chi connectivity index (χ0) is 25.3. The van der Waals surface area contributed by atoms with Crippen molar-refractivity contribution in [2.24, 2.45) is 45.3 Å². The molecule has 3 fully saturated rings. The summed E-state index contributed by atoms with van der Waals surface area (Å²) in [4.78, 5) is 39.6. The summed E-state index contributed by atoms with van der Waals surface area (Å²) >= 11 is 0. The predicted octanol–water partition coefficient (Wildman–Crippen LogP) is 5.87. The molecule has 0 unspecified atom stereocenters. The Bertz CT molecular complexity index is 949. The van der Waals surface area contributed by atoms with Gasteiger partial charge < -0.3 is 9.90 Å². The first-order chi connectivity index (χ1) is 15.6. The lowest BCUT2D eigenvalue weighted by molar-refractivity contribution is -0.169. The van der Waals surface area contributed by atoms with Crippen LogP contribution in [0.25, 0.3) is 0 Å². The van der Waals surface area contributed by atoms with Crippen LogP contribution in [0.1, 0.15) is 93.4 Å². The summed E-state index contributed by atoms with van der Waals surface area (Å²) in [6.07, 6.45) is 12.7. The van der Waals surface area contributed by atoms with Crippen LogP contribution in [0.15, 0.2) is 23.8 Å². The molecule has 34 heavy (non-hydrogen) atoms.